The van der Waals surface area contributed by atoms with Crippen molar-refractivity contribution in [2.45, 2.75) is 18.9 Å². The number of nitrogens with zero attached hydrogens (tertiary/aromatic N) is 1. The molecule has 2 heterocycles. The molecule has 1 aliphatic rings. The molecule has 0 bridgehead atoms. The molecule has 0 spiro atoms. The molecule has 0 saturated heterocycles. The molecule has 0 aliphatic carbocycles. The normalized spacial score (nSPS) is 15.8. The van der Waals surface area contributed by atoms with Crippen molar-refractivity contribution in [1.29, 1.82) is 0 Å². The van der Waals surface area contributed by atoms with Gasteiger partial charge in [0.25, 0.3) is 0 Å². The largest absolute Gasteiger partial charge is 0.508 e. The molecular formula is C25H19Cl2NO2S. The minimum Gasteiger partial charge on any atom is -0.508 e. The third-order valence-electron chi connectivity index (χ3n) is 5.85. The SMILES string of the molecule is O=C(Cc1csc2ccc(Cl)cc12)N1CCc2ccccc2C1c1cc(Cl)ccc1O. The average molecular weight is 468 g/mol. The van der Waals surface area contributed by atoms with Crippen molar-refractivity contribution in [3.05, 3.63) is 98.3 Å². The van der Waals surface area contributed by atoms with Crippen LogP contribution in [0.25, 0.3) is 10.1 Å². The molecule has 1 unspecified atom stereocenters. The molecule has 4 aromatic rings. The van der Waals surface area contributed by atoms with Crippen molar-refractivity contribution in [3.8, 4) is 5.75 Å². The van der Waals surface area contributed by atoms with Crippen LogP contribution in [-0.2, 0) is 17.6 Å². The van der Waals surface area contributed by atoms with E-state index in [1.807, 2.05) is 46.7 Å². The molecule has 3 aromatic carbocycles. The lowest BCUT2D eigenvalue weighted by Gasteiger charge is -2.38. The summed E-state index contributed by atoms with van der Waals surface area (Å²) in [6.07, 6.45) is 1.05. The van der Waals surface area contributed by atoms with Crippen LogP contribution in [0.2, 0.25) is 10.0 Å². The number of rotatable bonds is 3. The number of carbonyl (C=O) groups excluding carboxylic acids is 1. The molecule has 6 heteroatoms. The van der Waals surface area contributed by atoms with Crippen LogP contribution in [0.1, 0.15) is 28.3 Å². The van der Waals surface area contributed by atoms with Crippen molar-refractivity contribution >= 4 is 50.5 Å². The van der Waals surface area contributed by atoms with Gasteiger partial charge in [0.2, 0.25) is 5.91 Å². The van der Waals surface area contributed by atoms with Gasteiger partial charge in [-0.05, 0) is 70.3 Å². The van der Waals surface area contributed by atoms with Gasteiger partial charge in [-0.3, -0.25) is 4.79 Å². The van der Waals surface area contributed by atoms with Gasteiger partial charge in [-0.1, -0.05) is 47.5 Å². The van der Waals surface area contributed by atoms with Gasteiger partial charge < -0.3 is 10.0 Å². The van der Waals surface area contributed by atoms with Gasteiger partial charge in [-0.2, -0.15) is 0 Å². The van der Waals surface area contributed by atoms with Gasteiger partial charge in [0.1, 0.15) is 5.75 Å². The zero-order valence-corrected chi connectivity index (χ0v) is 18.8. The van der Waals surface area contributed by atoms with E-state index in [4.69, 9.17) is 23.2 Å². The number of amides is 1. The van der Waals surface area contributed by atoms with E-state index in [2.05, 4.69) is 6.07 Å². The molecule has 31 heavy (non-hydrogen) atoms. The lowest BCUT2D eigenvalue weighted by atomic mass is 9.87. The van der Waals surface area contributed by atoms with E-state index in [-0.39, 0.29) is 24.1 Å². The first-order chi connectivity index (χ1) is 15.0. The number of phenols is 1. The first kappa shape index (κ1) is 20.4. The number of hydrogen-bond acceptors (Lipinski definition) is 3. The monoisotopic (exact) mass is 467 g/mol. The standard InChI is InChI=1S/C25H19Cl2NO2S/c26-17-5-7-22(29)21(13-17)25-19-4-2-1-3-15(19)9-10-28(25)24(30)11-16-14-31-23-8-6-18(27)12-20(16)23/h1-8,12-14,25,29H,9-11H2. The Hall–Kier alpha value is -2.53. The van der Waals surface area contributed by atoms with E-state index in [1.54, 1.807) is 29.5 Å². The maximum absolute atomic E-state index is 13.6. The molecule has 1 atom stereocenters. The molecule has 0 saturated carbocycles. The highest BCUT2D eigenvalue weighted by Gasteiger charge is 2.33. The topological polar surface area (TPSA) is 40.5 Å². The Balaban J connectivity index is 1.55. The Morgan fingerprint density at radius 2 is 1.81 bits per heavy atom. The molecule has 156 valence electrons. The first-order valence-corrected chi connectivity index (χ1v) is 11.7. The minimum atomic E-state index is -0.385. The van der Waals surface area contributed by atoms with Crippen LogP contribution in [0.4, 0.5) is 0 Å². The van der Waals surface area contributed by atoms with Crippen molar-refractivity contribution in [1.82, 2.24) is 4.90 Å². The molecule has 0 fully saturated rings. The fraction of sp³-hybridized carbons (Fsp3) is 0.160. The first-order valence-electron chi connectivity index (χ1n) is 10.0. The molecule has 1 N–H and O–H groups in total. The third-order valence-corrected chi connectivity index (χ3v) is 7.33. The second-order valence-corrected chi connectivity index (χ2v) is 9.50. The van der Waals surface area contributed by atoms with Crippen LogP contribution in [0.15, 0.2) is 66.0 Å². The molecule has 1 aliphatic heterocycles. The van der Waals surface area contributed by atoms with Crippen molar-refractivity contribution < 1.29 is 9.90 Å². The summed E-state index contributed by atoms with van der Waals surface area (Å²) in [6, 6.07) is 18.5. The Kier molecular flexibility index (Phi) is 5.39. The zero-order chi connectivity index (χ0) is 21.5. The average Bonchev–Trinajstić information content (AvgIpc) is 3.16. The Labute approximate surface area is 194 Å². The van der Waals surface area contributed by atoms with E-state index in [9.17, 15) is 9.90 Å². The fourth-order valence-corrected chi connectivity index (χ4v) is 5.67. The number of fused-ring (bicyclic) bond motifs is 2. The second kappa shape index (κ2) is 8.19. The number of hydrogen-bond donors (Lipinski definition) is 1. The Morgan fingerprint density at radius 3 is 2.68 bits per heavy atom. The quantitative estimate of drug-likeness (QED) is 0.367. The molecule has 0 radical (unpaired) electrons. The minimum absolute atomic E-state index is 0.0126. The van der Waals surface area contributed by atoms with E-state index >= 15 is 0 Å². The Bertz CT molecular complexity index is 1300. The zero-order valence-electron chi connectivity index (χ0n) is 16.5. The van der Waals surface area contributed by atoms with Crippen molar-refractivity contribution in [2.75, 3.05) is 6.54 Å². The maximum Gasteiger partial charge on any atom is 0.227 e. The number of benzene rings is 3. The van der Waals surface area contributed by atoms with E-state index in [1.165, 1.54) is 5.56 Å². The summed E-state index contributed by atoms with van der Waals surface area (Å²) in [5.74, 6) is 0.148. The number of carbonyl (C=O) groups is 1. The summed E-state index contributed by atoms with van der Waals surface area (Å²) >= 11 is 14.1. The third kappa shape index (κ3) is 3.80. The lowest BCUT2D eigenvalue weighted by Crippen LogP contribution is -2.41. The molecule has 3 nitrogen and oxygen atoms in total. The summed E-state index contributed by atoms with van der Waals surface area (Å²) in [7, 11) is 0. The Morgan fingerprint density at radius 1 is 1.03 bits per heavy atom. The van der Waals surface area contributed by atoms with Crippen LogP contribution in [0, 0.1) is 0 Å². The van der Waals surface area contributed by atoms with Crippen LogP contribution >= 0.6 is 34.5 Å². The summed E-state index contributed by atoms with van der Waals surface area (Å²) in [5, 5.41) is 14.9. The predicted octanol–water partition coefficient (Wildman–Crippen LogP) is 6.63. The highest BCUT2D eigenvalue weighted by molar-refractivity contribution is 7.17. The second-order valence-electron chi connectivity index (χ2n) is 7.72. The van der Waals surface area contributed by atoms with Crippen LogP contribution in [0.5, 0.6) is 5.75 Å². The van der Waals surface area contributed by atoms with Gasteiger partial charge in [0, 0.05) is 26.9 Å². The summed E-state index contributed by atoms with van der Waals surface area (Å²) < 4.78 is 1.11. The summed E-state index contributed by atoms with van der Waals surface area (Å²) in [6.45, 7) is 0.579. The maximum atomic E-state index is 13.6. The van der Waals surface area contributed by atoms with E-state index in [0.717, 1.165) is 27.6 Å². The number of halogens is 2. The van der Waals surface area contributed by atoms with Gasteiger partial charge in [-0.15, -0.1) is 11.3 Å². The van der Waals surface area contributed by atoms with Crippen LogP contribution < -0.4 is 0 Å². The molecule has 1 aromatic heterocycles. The highest BCUT2D eigenvalue weighted by Crippen LogP contribution is 2.40. The molecular weight excluding hydrogens is 449 g/mol. The summed E-state index contributed by atoms with van der Waals surface area (Å²) in [5.41, 5.74) is 3.83. The van der Waals surface area contributed by atoms with Gasteiger partial charge >= 0.3 is 0 Å². The van der Waals surface area contributed by atoms with E-state index in [0.29, 0.717) is 22.2 Å². The smallest absolute Gasteiger partial charge is 0.227 e. The summed E-state index contributed by atoms with van der Waals surface area (Å²) in [4.78, 5) is 15.4. The van der Waals surface area contributed by atoms with Gasteiger partial charge in [0.15, 0.2) is 0 Å². The van der Waals surface area contributed by atoms with Gasteiger partial charge in [0.05, 0.1) is 12.5 Å². The van der Waals surface area contributed by atoms with Crippen LogP contribution in [-0.4, -0.2) is 22.5 Å². The predicted molar refractivity (Wildman–Crippen MR) is 127 cm³/mol. The number of thiophene rings is 1. The lowest BCUT2D eigenvalue weighted by molar-refractivity contribution is -0.132. The molecule has 5 rings (SSSR count). The number of aromatic hydroxyl groups is 1. The van der Waals surface area contributed by atoms with Crippen LogP contribution in [0.3, 0.4) is 0 Å². The fourth-order valence-electron chi connectivity index (χ4n) is 4.37. The van der Waals surface area contributed by atoms with Gasteiger partial charge in [-0.25, -0.2) is 0 Å². The highest BCUT2D eigenvalue weighted by atomic mass is 35.5. The van der Waals surface area contributed by atoms with E-state index < -0.39 is 0 Å². The number of phenolic OH excluding ortho intramolecular Hbond substituents is 1. The van der Waals surface area contributed by atoms with Crippen molar-refractivity contribution in [2.24, 2.45) is 0 Å². The molecule has 1 amide bonds. The van der Waals surface area contributed by atoms with Crippen molar-refractivity contribution in [3.63, 3.8) is 0 Å².